The van der Waals surface area contributed by atoms with E-state index in [1.807, 2.05) is 30.3 Å². The van der Waals surface area contributed by atoms with Gasteiger partial charge in [0.2, 0.25) is 10.0 Å². The van der Waals surface area contributed by atoms with Crippen LogP contribution in [-0.2, 0) is 16.4 Å². The number of sulfonamides is 1. The van der Waals surface area contributed by atoms with Crippen LogP contribution in [0.4, 0.5) is 5.69 Å². The normalized spacial score (nSPS) is 11.4. The summed E-state index contributed by atoms with van der Waals surface area (Å²) in [5.41, 5.74) is 7.79. The lowest BCUT2D eigenvalue weighted by Gasteiger charge is -2.11. The first-order valence-electron chi connectivity index (χ1n) is 6.39. The maximum absolute atomic E-state index is 12.3. The molecule has 106 valence electrons. The molecule has 0 fully saturated rings. The maximum atomic E-state index is 12.3. The van der Waals surface area contributed by atoms with Gasteiger partial charge in [-0.05, 0) is 30.5 Å². The molecule has 0 aliphatic rings. The van der Waals surface area contributed by atoms with Crippen LogP contribution in [0.1, 0.15) is 11.1 Å². The highest BCUT2D eigenvalue weighted by molar-refractivity contribution is 7.89. The van der Waals surface area contributed by atoms with Crippen LogP contribution >= 0.6 is 0 Å². The Labute approximate surface area is 119 Å². The van der Waals surface area contributed by atoms with Gasteiger partial charge in [0, 0.05) is 6.54 Å². The van der Waals surface area contributed by atoms with Crippen molar-refractivity contribution in [2.24, 2.45) is 0 Å². The molecule has 0 amide bonds. The summed E-state index contributed by atoms with van der Waals surface area (Å²) in [6.07, 6.45) is 0.645. The Bertz CT molecular complexity index is 662. The van der Waals surface area contributed by atoms with E-state index in [-0.39, 0.29) is 10.6 Å². The van der Waals surface area contributed by atoms with E-state index in [1.54, 1.807) is 25.1 Å². The Hall–Kier alpha value is -1.85. The number of nitrogen functional groups attached to an aromatic ring is 1. The summed E-state index contributed by atoms with van der Waals surface area (Å²) in [7, 11) is -3.57. The lowest BCUT2D eigenvalue weighted by atomic mass is 10.2. The highest BCUT2D eigenvalue weighted by atomic mass is 32.2. The van der Waals surface area contributed by atoms with E-state index in [2.05, 4.69) is 4.72 Å². The molecule has 0 radical (unpaired) electrons. The van der Waals surface area contributed by atoms with Gasteiger partial charge in [-0.3, -0.25) is 0 Å². The Balaban J connectivity index is 2.09. The van der Waals surface area contributed by atoms with Crippen LogP contribution in [0.5, 0.6) is 0 Å². The van der Waals surface area contributed by atoms with Crippen molar-refractivity contribution < 1.29 is 8.42 Å². The number of aryl methyl sites for hydroxylation is 1. The molecular weight excluding hydrogens is 272 g/mol. The number of benzene rings is 2. The fourth-order valence-electron chi connectivity index (χ4n) is 2.09. The Morgan fingerprint density at radius 3 is 2.40 bits per heavy atom. The molecule has 0 atom stereocenters. The summed E-state index contributed by atoms with van der Waals surface area (Å²) >= 11 is 0. The number of rotatable bonds is 5. The third kappa shape index (κ3) is 3.37. The molecule has 0 unspecified atom stereocenters. The molecule has 0 heterocycles. The zero-order chi connectivity index (χ0) is 14.6. The van der Waals surface area contributed by atoms with E-state index in [9.17, 15) is 8.42 Å². The molecule has 20 heavy (non-hydrogen) atoms. The summed E-state index contributed by atoms with van der Waals surface area (Å²) in [4.78, 5) is 0.174. The third-order valence-corrected chi connectivity index (χ3v) is 4.74. The van der Waals surface area contributed by atoms with Crippen molar-refractivity contribution in [2.75, 3.05) is 12.3 Å². The molecule has 4 nitrogen and oxygen atoms in total. The first-order valence-corrected chi connectivity index (χ1v) is 7.88. The Morgan fingerprint density at radius 1 is 1.05 bits per heavy atom. The number of nitrogens with two attached hydrogens (primary N) is 1. The van der Waals surface area contributed by atoms with Gasteiger partial charge in [0.15, 0.2) is 0 Å². The van der Waals surface area contributed by atoms with Gasteiger partial charge in [-0.2, -0.15) is 0 Å². The molecule has 0 saturated heterocycles. The van der Waals surface area contributed by atoms with Crippen molar-refractivity contribution in [3.8, 4) is 0 Å². The van der Waals surface area contributed by atoms with Gasteiger partial charge in [-0.15, -0.1) is 0 Å². The van der Waals surface area contributed by atoms with Gasteiger partial charge < -0.3 is 5.73 Å². The van der Waals surface area contributed by atoms with Gasteiger partial charge in [0.1, 0.15) is 4.90 Å². The van der Waals surface area contributed by atoms with Crippen molar-refractivity contribution in [1.82, 2.24) is 4.72 Å². The summed E-state index contributed by atoms with van der Waals surface area (Å²) in [6.45, 7) is 2.09. The van der Waals surface area contributed by atoms with Gasteiger partial charge in [-0.25, -0.2) is 13.1 Å². The van der Waals surface area contributed by atoms with E-state index in [4.69, 9.17) is 5.73 Å². The van der Waals surface area contributed by atoms with Crippen molar-refractivity contribution in [3.63, 3.8) is 0 Å². The zero-order valence-corrected chi connectivity index (χ0v) is 12.2. The number of nitrogens with one attached hydrogen (secondary N) is 1. The van der Waals surface area contributed by atoms with Gasteiger partial charge in [0.05, 0.1) is 5.69 Å². The van der Waals surface area contributed by atoms with E-state index in [1.165, 1.54) is 0 Å². The molecule has 2 rings (SSSR count). The fraction of sp³-hybridized carbons (Fsp3) is 0.200. The average molecular weight is 290 g/mol. The molecule has 0 bridgehead atoms. The minimum Gasteiger partial charge on any atom is -0.398 e. The molecule has 2 aromatic rings. The standard InChI is InChI=1S/C15H18N2O2S/c1-12-6-5-9-14(16)15(12)20(18,19)17-11-10-13-7-3-2-4-8-13/h2-9,17H,10-11,16H2,1H3. The maximum Gasteiger partial charge on any atom is 0.242 e. The summed E-state index contributed by atoms with van der Waals surface area (Å²) < 4.78 is 27.1. The molecule has 0 aliphatic carbocycles. The van der Waals surface area contributed by atoms with Crippen LogP contribution in [0, 0.1) is 6.92 Å². The molecule has 0 aliphatic heterocycles. The van der Waals surface area contributed by atoms with Crippen molar-refractivity contribution >= 4 is 15.7 Å². The number of hydrogen-bond acceptors (Lipinski definition) is 3. The zero-order valence-electron chi connectivity index (χ0n) is 11.3. The van der Waals surface area contributed by atoms with Gasteiger partial charge in [-0.1, -0.05) is 42.5 Å². The second kappa shape index (κ2) is 6.07. The minimum atomic E-state index is -3.57. The van der Waals surface area contributed by atoms with Gasteiger partial charge in [0.25, 0.3) is 0 Å². The van der Waals surface area contributed by atoms with Crippen LogP contribution in [0.2, 0.25) is 0 Å². The Morgan fingerprint density at radius 2 is 1.75 bits per heavy atom. The van der Waals surface area contributed by atoms with Crippen LogP contribution in [-0.4, -0.2) is 15.0 Å². The molecule has 0 aromatic heterocycles. The second-order valence-corrected chi connectivity index (χ2v) is 6.33. The van der Waals surface area contributed by atoms with E-state index in [0.29, 0.717) is 18.5 Å². The largest absolute Gasteiger partial charge is 0.398 e. The van der Waals surface area contributed by atoms with Crippen molar-refractivity contribution in [1.29, 1.82) is 0 Å². The second-order valence-electron chi connectivity index (χ2n) is 4.63. The lowest BCUT2D eigenvalue weighted by Crippen LogP contribution is -2.27. The minimum absolute atomic E-state index is 0.174. The lowest BCUT2D eigenvalue weighted by molar-refractivity contribution is 0.581. The van der Waals surface area contributed by atoms with E-state index >= 15 is 0 Å². The number of anilines is 1. The first-order chi connectivity index (χ1) is 9.50. The fourth-order valence-corrected chi connectivity index (χ4v) is 3.47. The van der Waals surface area contributed by atoms with E-state index in [0.717, 1.165) is 5.56 Å². The predicted molar refractivity (Wildman–Crippen MR) is 80.9 cm³/mol. The number of hydrogen-bond donors (Lipinski definition) is 2. The topological polar surface area (TPSA) is 72.2 Å². The SMILES string of the molecule is Cc1cccc(N)c1S(=O)(=O)NCCc1ccccc1. The highest BCUT2D eigenvalue weighted by Gasteiger charge is 2.19. The van der Waals surface area contributed by atoms with Gasteiger partial charge >= 0.3 is 0 Å². The average Bonchev–Trinajstić information content (AvgIpc) is 2.39. The summed E-state index contributed by atoms with van der Waals surface area (Å²) in [6, 6.07) is 14.8. The van der Waals surface area contributed by atoms with Crippen molar-refractivity contribution in [3.05, 3.63) is 59.7 Å². The molecular formula is C15H18N2O2S. The molecule has 0 spiro atoms. The summed E-state index contributed by atoms with van der Waals surface area (Å²) in [5, 5.41) is 0. The smallest absolute Gasteiger partial charge is 0.242 e. The first kappa shape index (κ1) is 14.6. The third-order valence-electron chi connectivity index (χ3n) is 3.06. The summed E-state index contributed by atoms with van der Waals surface area (Å²) in [5.74, 6) is 0. The van der Waals surface area contributed by atoms with Crippen LogP contribution < -0.4 is 10.5 Å². The van der Waals surface area contributed by atoms with Crippen LogP contribution in [0.3, 0.4) is 0 Å². The van der Waals surface area contributed by atoms with E-state index < -0.39 is 10.0 Å². The Kier molecular flexibility index (Phi) is 4.42. The predicted octanol–water partition coefficient (Wildman–Crippen LogP) is 2.10. The van der Waals surface area contributed by atoms with Crippen LogP contribution in [0.15, 0.2) is 53.4 Å². The monoisotopic (exact) mass is 290 g/mol. The van der Waals surface area contributed by atoms with Crippen molar-refractivity contribution in [2.45, 2.75) is 18.2 Å². The van der Waals surface area contributed by atoms with Crippen LogP contribution in [0.25, 0.3) is 0 Å². The molecule has 3 N–H and O–H groups in total. The molecule has 2 aromatic carbocycles. The molecule has 0 saturated carbocycles. The molecule has 5 heteroatoms. The quantitative estimate of drug-likeness (QED) is 0.828. The highest BCUT2D eigenvalue weighted by Crippen LogP contribution is 2.21.